The lowest BCUT2D eigenvalue weighted by Crippen LogP contribution is -2.51. The maximum atomic E-state index is 5.52. The monoisotopic (exact) mass is 344 g/mol. The molecule has 1 aliphatic rings. The molecule has 7 nitrogen and oxygen atoms in total. The molecule has 0 atom stereocenters. The lowest BCUT2D eigenvalue weighted by molar-refractivity contribution is -0.00255. The Bertz CT molecular complexity index is 345. The van der Waals surface area contributed by atoms with Crippen molar-refractivity contribution in [3.05, 3.63) is 0 Å². The van der Waals surface area contributed by atoms with Crippen molar-refractivity contribution < 1.29 is 14.2 Å². The van der Waals surface area contributed by atoms with Crippen LogP contribution in [0.25, 0.3) is 0 Å². The second-order valence-electron chi connectivity index (χ2n) is 6.31. The summed E-state index contributed by atoms with van der Waals surface area (Å²) in [6.45, 7) is 8.23. The predicted octanol–water partition coefficient (Wildman–Crippen LogP) is 0.705. The van der Waals surface area contributed by atoms with Gasteiger partial charge in [-0.25, -0.2) is 0 Å². The normalized spacial score (nSPS) is 18.0. The number of hydrogen-bond acceptors (Lipinski definition) is 5. The Morgan fingerprint density at radius 1 is 1.17 bits per heavy atom. The van der Waals surface area contributed by atoms with E-state index in [4.69, 9.17) is 19.2 Å². The molecule has 0 amide bonds. The molecule has 24 heavy (non-hydrogen) atoms. The van der Waals surface area contributed by atoms with E-state index in [1.54, 1.807) is 7.11 Å². The fourth-order valence-corrected chi connectivity index (χ4v) is 2.69. The lowest BCUT2D eigenvalue weighted by Gasteiger charge is -2.41. The zero-order chi connectivity index (χ0) is 17.7. The topological polar surface area (TPSA) is 67.4 Å². The van der Waals surface area contributed by atoms with Crippen LogP contribution in [0.2, 0.25) is 0 Å². The van der Waals surface area contributed by atoms with E-state index in [9.17, 15) is 0 Å². The van der Waals surface area contributed by atoms with Gasteiger partial charge in [-0.3, -0.25) is 4.99 Å². The molecule has 0 unspecified atom stereocenters. The summed E-state index contributed by atoms with van der Waals surface area (Å²) in [5.41, 5.74) is 0.101. The maximum Gasteiger partial charge on any atom is 0.191 e. The zero-order valence-corrected chi connectivity index (χ0v) is 15.9. The van der Waals surface area contributed by atoms with Crippen LogP contribution in [0.4, 0.5) is 0 Å². The van der Waals surface area contributed by atoms with Gasteiger partial charge in [0.25, 0.3) is 0 Å². The standard InChI is InChI=1S/C17H36N4O3/c1-5-18-16(19-9-6-10-23-14-13-22-4)20-15-17(21(2)3)7-11-24-12-8-17/h5-15H2,1-4H3,(H2,18,19,20). The van der Waals surface area contributed by atoms with Crippen LogP contribution in [0.15, 0.2) is 4.99 Å². The Balaban J connectivity index is 2.40. The second-order valence-corrected chi connectivity index (χ2v) is 6.31. The molecule has 0 aliphatic carbocycles. The van der Waals surface area contributed by atoms with Crippen LogP contribution in [-0.4, -0.2) is 90.3 Å². The zero-order valence-electron chi connectivity index (χ0n) is 15.9. The van der Waals surface area contributed by atoms with E-state index in [-0.39, 0.29) is 5.54 Å². The number of ether oxygens (including phenoxy) is 3. The number of hydrogen-bond donors (Lipinski definition) is 2. The van der Waals surface area contributed by atoms with Crippen molar-refractivity contribution in [2.24, 2.45) is 4.99 Å². The summed E-state index contributed by atoms with van der Waals surface area (Å²) in [5, 5.41) is 6.70. The SMILES string of the molecule is CCNC(=NCC1(N(C)C)CCOCC1)NCCCOCCOC. The van der Waals surface area contributed by atoms with Gasteiger partial charge in [-0.1, -0.05) is 0 Å². The smallest absolute Gasteiger partial charge is 0.191 e. The van der Waals surface area contributed by atoms with Crippen molar-refractivity contribution in [2.45, 2.75) is 31.7 Å². The molecule has 0 aromatic rings. The summed E-state index contributed by atoms with van der Waals surface area (Å²) in [5.74, 6) is 0.877. The summed E-state index contributed by atoms with van der Waals surface area (Å²) in [6.07, 6.45) is 2.99. The van der Waals surface area contributed by atoms with Gasteiger partial charge in [-0.15, -0.1) is 0 Å². The van der Waals surface area contributed by atoms with Crippen molar-refractivity contribution in [1.82, 2.24) is 15.5 Å². The third-order valence-electron chi connectivity index (χ3n) is 4.44. The summed E-state index contributed by atoms with van der Waals surface area (Å²) in [7, 11) is 5.96. The van der Waals surface area contributed by atoms with Gasteiger partial charge in [-0.05, 0) is 40.3 Å². The van der Waals surface area contributed by atoms with Crippen LogP contribution in [0.1, 0.15) is 26.2 Å². The first-order valence-electron chi connectivity index (χ1n) is 8.98. The molecule has 1 saturated heterocycles. The molecule has 0 radical (unpaired) electrons. The molecular weight excluding hydrogens is 308 g/mol. The first-order chi connectivity index (χ1) is 11.6. The molecule has 7 heteroatoms. The Hall–Kier alpha value is -0.890. The Morgan fingerprint density at radius 3 is 2.54 bits per heavy atom. The number of guanidine groups is 1. The number of rotatable bonds is 11. The number of methoxy groups -OCH3 is 1. The van der Waals surface area contributed by atoms with Gasteiger partial charge in [-0.2, -0.15) is 0 Å². The van der Waals surface area contributed by atoms with Crippen molar-refractivity contribution in [1.29, 1.82) is 0 Å². The predicted molar refractivity (Wildman–Crippen MR) is 97.8 cm³/mol. The fourth-order valence-electron chi connectivity index (χ4n) is 2.69. The van der Waals surface area contributed by atoms with Crippen LogP contribution in [0.5, 0.6) is 0 Å². The summed E-state index contributed by atoms with van der Waals surface area (Å²) < 4.78 is 15.9. The molecule has 1 aliphatic heterocycles. The highest BCUT2D eigenvalue weighted by Gasteiger charge is 2.34. The molecular formula is C17H36N4O3. The highest BCUT2D eigenvalue weighted by atomic mass is 16.5. The first kappa shape index (κ1) is 21.2. The molecule has 1 rings (SSSR count). The molecule has 0 bridgehead atoms. The number of likely N-dealkylation sites (N-methyl/N-ethyl adjacent to an activating group) is 1. The quantitative estimate of drug-likeness (QED) is 0.327. The van der Waals surface area contributed by atoms with Crippen LogP contribution in [0, 0.1) is 0 Å². The number of aliphatic imine (C=N–C) groups is 1. The van der Waals surface area contributed by atoms with E-state index in [1.807, 2.05) is 0 Å². The van der Waals surface area contributed by atoms with Crippen LogP contribution < -0.4 is 10.6 Å². The van der Waals surface area contributed by atoms with Crippen LogP contribution >= 0.6 is 0 Å². The minimum atomic E-state index is 0.101. The van der Waals surface area contributed by atoms with Crippen LogP contribution in [0.3, 0.4) is 0 Å². The van der Waals surface area contributed by atoms with E-state index in [0.717, 1.165) is 64.7 Å². The Kier molecular flexibility index (Phi) is 11.0. The molecule has 0 aromatic carbocycles. The molecule has 1 fully saturated rings. The van der Waals surface area contributed by atoms with Crippen molar-refractivity contribution in [3.63, 3.8) is 0 Å². The number of nitrogens with one attached hydrogen (secondary N) is 2. The van der Waals surface area contributed by atoms with E-state index >= 15 is 0 Å². The van der Waals surface area contributed by atoms with Gasteiger partial charge in [0, 0.05) is 45.6 Å². The first-order valence-corrected chi connectivity index (χ1v) is 8.98. The van der Waals surface area contributed by atoms with Gasteiger partial charge < -0.3 is 29.7 Å². The van der Waals surface area contributed by atoms with Crippen molar-refractivity contribution in [3.8, 4) is 0 Å². The van der Waals surface area contributed by atoms with Gasteiger partial charge in [0.1, 0.15) is 0 Å². The largest absolute Gasteiger partial charge is 0.382 e. The van der Waals surface area contributed by atoms with E-state index in [0.29, 0.717) is 13.2 Å². The molecule has 1 heterocycles. The van der Waals surface area contributed by atoms with Gasteiger partial charge in [0.2, 0.25) is 0 Å². The second kappa shape index (κ2) is 12.5. The molecule has 0 saturated carbocycles. The third-order valence-corrected chi connectivity index (χ3v) is 4.44. The van der Waals surface area contributed by atoms with E-state index in [2.05, 4.69) is 36.6 Å². The van der Waals surface area contributed by atoms with Crippen molar-refractivity contribution in [2.75, 3.05) is 73.9 Å². The molecule has 2 N–H and O–H groups in total. The fraction of sp³-hybridized carbons (Fsp3) is 0.941. The lowest BCUT2D eigenvalue weighted by atomic mass is 9.89. The Labute approximate surface area is 147 Å². The minimum Gasteiger partial charge on any atom is -0.382 e. The average Bonchev–Trinajstić information content (AvgIpc) is 2.59. The van der Waals surface area contributed by atoms with Gasteiger partial charge in [0.05, 0.1) is 19.8 Å². The number of nitrogens with zero attached hydrogens (tertiary/aromatic N) is 2. The molecule has 0 aromatic heterocycles. The van der Waals surface area contributed by atoms with E-state index < -0.39 is 0 Å². The van der Waals surface area contributed by atoms with Gasteiger partial charge >= 0.3 is 0 Å². The summed E-state index contributed by atoms with van der Waals surface area (Å²) >= 11 is 0. The van der Waals surface area contributed by atoms with E-state index in [1.165, 1.54) is 0 Å². The third kappa shape index (κ3) is 7.79. The summed E-state index contributed by atoms with van der Waals surface area (Å²) in [4.78, 5) is 7.11. The maximum absolute atomic E-state index is 5.52. The van der Waals surface area contributed by atoms with Crippen LogP contribution in [-0.2, 0) is 14.2 Å². The molecule has 142 valence electrons. The molecule has 0 spiro atoms. The highest BCUT2D eigenvalue weighted by molar-refractivity contribution is 5.79. The Morgan fingerprint density at radius 2 is 1.92 bits per heavy atom. The highest BCUT2D eigenvalue weighted by Crippen LogP contribution is 2.26. The summed E-state index contributed by atoms with van der Waals surface area (Å²) in [6, 6.07) is 0. The van der Waals surface area contributed by atoms with Gasteiger partial charge in [0.15, 0.2) is 5.96 Å². The average molecular weight is 345 g/mol. The van der Waals surface area contributed by atoms with Crippen molar-refractivity contribution >= 4 is 5.96 Å². The minimum absolute atomic E-state index is 0.101.